The Hall–Kier alpha value is -3.00. The standard InChI is InChI=1S/C19H22N6O2/c1-27-8-7-25-12-22-23-17(25)11-20-19(26)15-4-2-3-14(9-15)16-10-21-24-18(16)13-5-6-13/h2-4,9-10,12-13H,5-8,11H2,1H3,(H,20,26)(H,21,24). The lowest BCUT2D eigenvalue weighted by atomic mass is 10.0. The third-order valence-corrected chi connectivity index (χ3v) is 4.73. The normalized spacial score (nSPS) is 13.7. The van der Waals surface area contributed by atoms with Crippen molar-refractivity contribution in [1.82, 2.24) is 30.3 Å². The predicted octanol–water partition coefficient (Wildman–Crippen LogP) is 2.12. The molecular formula is C19H22N6O2. The number of nitrogens with one attached hydrogen (secondary N) is 2. The highest BCUT2D eigenvalue weighted by Gasteiger charge is 2.28. The van der Waals surface area contributed by atoms with Crippen LogP contribution in [0.3, 0.4) is 0 Å². The molecule has 1 fully saturated rings. The zero-order chi connectivity index (χ0) is 18.6. The number of aromatic nitrogens is 5. The lowest BCUT2D eigenvalue weighted by Gasteiger charge is -2.09. The van der Waals surface area contributed by atoms with E-state index in [4.69, 9.17) is 4.74 Å². The first-order valence-electron chi connectivity index (χ1n) is 9.04. The number of carbonyl (C=O) groups is 1. The second-order valence-corrected chi connectivity index (χ2v) is 6.67. The Morgan fingerprint density at radius 1 is 1.41 bits per heavy atom. The van der Waals surface area contributed by atoms with Crippen molar-refractivity contribution in [2.24, 2.45) is 0 Å². The van der Waals surface area contributed by atoms with Gasteiger partial charge in [0.2, 0.25) is 0 Å². The molecular weight excluding hydrogens is 344 g/mol. The number of hydrogen-bond donors (Lipinski definition) is 2. The monoisotopic (exact) mass is 366 g/mol. The topological polar surface area (TPSA) is 97.7 Å². The number of benzene rings is 1. The van der Waals surface area contributed by atoms with Crippen molar-refractivity contribution in [2.45, 2.75) is 31.8 Å². The first kappa shape index (κ1) is 17.4. The van der Waals surface area contributed by atoms with Gasteiger partial charge in [-0.25, -0.2) is 0 Å². The van der Waals surface area contributed by atoms with Crippen molar-refractivity contribution in [3.8, 4) is 11.1 Å². The Balaban J connectivity index is 1.45. The van der Waals surface area contributed by atoms with Gasteiger partial charge >= 0.3 is 0 Å². The summed E-state index contributed by atoms with van der Waals surface area (Å²) in [6.45, 7) is 1.52. The zero-order valence-corrected chi connectivity index (χ0v) is 15.2. The van der Waals surface area contributed by atoms with Gasteiger partial charge in [0.15, 0.2) is 5.82 Å². The molecule has 0 bridgehead atoms. The van der Waals surface area contributed by atoms with Gasteiger partial charge in [-0.05, 0) is 30.5 Å². The molecule has 0 saturated heterocycles. The molecule has 8 heteroatoms. The van der Waals surface area contributed by atoms with E-state index in [1.54, 1.807) is 13.4 Å². The molecule has 1 aliphatic carbocycles. The van der Waals surface area contributed by atoms with E-state index in [9.17, 15) is 4.79 Å². The van der Waals surface area contributed by atoms with E-state index in [1.807, 2.05) is 35.0 Å². The van der Waals surface area contributed by atoms with E-state index in [-0.39, 0.29) is 5.91 Å². The number of hydrogen-bond acceptors (Lipinski definition) is 5. The maximum atomic E-state index is 12.6. The Bertz CT molecular complexity index is 928. The summed E-state index contributed by atoms with van der Waals surface area (Å²) in [6, 6.07) is 7.62. The second kappa shape index (κ2) is 7.71. The van der Waals surface area contributed by atoms with Crippen LogP contribution in [0.1, 0.15) is 40.6 Å². The zero-order valence-electron chi connectivity index (χ0n) is 15.2. The fraction of sp³-hybridized carbons (Fsp3) is 0.368. The number of amides is 1. The maximum Gasteiger partial charge on any atom is 0.251 e. The fourth-order valence-corrected chi connectivity index (χ4v) is 3.09. The summed E-state index contributed by atoms with van der Waals surface area (Å²) in [5.74, 6) is 1.12. The summed E-state index contributed by atoms with van der Waals surface area (Å²) in [4.78, 5) is 12.6. The molecule has 0 radical (unpaired) electrons. The van der Waals surface area contributed by atoms with Gasteiger partial charge in [0.1, 0.15) is 6.33 Å². The number of rotatable bonds is 8. The summed E-state index contributed by atoms with van der Waals surface area (Å²) >= 11 is 0. The molecule has 140 valence electrons. The third-order valence-electron chi connectivity index (χ3n) is 4.73. The highest BCUT2D eigenvalue weighted by Crippen LogP contribution is 2.43. The third kappa shape index (κ3) is 3.90. The smallest absolute Gasteiger partial charge is 0.251 e. The van der Waals surface area contributed by atoms with Crippen LogP contribution in [0.5, 0.6) is 0 Å². The van der Waals surface area contributed by atoms with E-state index >= 15 is 0 Å². The Labute approximate surface area is 157 Å². The van der Waals surface area contributed by atoms with Crippen LogP contribution in [0.25, 0.3) is 11.1 Å². The lowest BCUT2D eigenvalue weighted by Crippen LogP contribution is -2.25. The van der Waals surface area contributed by atoms with E-state index in [1.165, 1.54) is 18.5 Å². The highest BCUT2D eigenvalue weighted by molar-refractivity contribution is 5.95. The molecule has 2 N–H and O–H groups in total. The number of H-pyrrole nitrogens is 1. The summed E-state index contributed by atoms with van der Waals surface area (Å²) < 4.78 is 6.94. The minimum atomic E-state index is -0.144. The number of carbonyl (C=O) groups excluding carboxylic acids is 1. The van der Waals surface area contributed by atoms with Crippen molar-refractivity contribution in [3.63, 3.8) is 0 Å². The Morgan fingerprint density at radius 2 is 2.30 bits per heavy atom. The summed E-state index contributed by atoms with van der Waals surface area (Å²) in [5.41, 5.74) is 3.85. The van der Waals surface area contributed by atoms with Crippen molar-refractivity contribution in [2.75, 3.05) is 13.7 Å². The minimum Gasteiger partial charge on any atom is -0.383 e. The first-order valence-corrected chi connectivity index (χ1v) is 9.04. The molecule has 4 rings (SSSR count). The van der Waals surface area contributed by atoms with Crippen molar-refractivity contribution in [3.05, 3.63) is 53.9 Å². The van der Waals surface area contributed by atoms with Gasteiger partial charge in [-0.2, -0.15) is 5.10 Å². The summed E-state index contributed by atoms with van der Waals surface area (Å²) in [7, 11) is 1.65. The molecule has 3 aromatic rings. The van der Waals surface area contributed by atoms with Crippen molar-refractivity contribution >= 4 is 5.91 Å². The fourth-order valence-electron chi connectivity index (χ4n) is 3.09. The van der Waals surface area contributed by atoms with Crippen LogP contribution in [0.15, 0.2) is 36.8 Å². The van der Waals surface area contributed by atoms with E-state index in [0.717, 1.165) is 11.1 Å². The van der Waals surface area contributed by atoms with Gasteiger partial charge in [-0.3, -0.25) is 9.89 Å². The average Bonchev–Trinajstić information content (AvgIpc) is 3.25. The molecule has 8 nitrogen and oxygen atoms in total. The van der Waals surface area contributed by atoms with Crippen LogP contribution in [-0.2, 0) is 17.8 Å². The summed E-state index contributed by atoms with van der Waals surface area (Å²) in [5, 5.41) is 18.2. The van der Waals surface area contributed by atoms with Crippen LogP contribution in [0, 0.1) is 0 Å². The molecule has 2 heterocycles. The molecule has 1 saturated carbocycles. The van der Waals surface area contributed by atoms with Gasteiger partial charge in [0.25, 0.3) is 5.91 Å². The average molecular weight is 366 g/mol. The van der Waals surface area contributed by atoms with E-state index in [2.05, 4.69) is 25.7 Å². The van der Waals surface area contributed by atoms with Crippen LogP contribution in [0.2, 0.25) is 0 Å². The van der Waals surface area contributed by atoms with Crippen LogP contribution < -0.4 is 5.32 Å². The van der Waals surface area contributed by atoms with Crippen LogP contribution in [0.4, 0.5) is 0 Å². The van der Waals surface area contributed by atoms with Crippen LogP contribution >= 0.6 is 0 Å². The van der Waals surface area contributed by atoms with Gasteiger partial charge in [-0.15, -0.1) is 10.2 Å². The van der Waals surface area contributed by atoms with Crippen molar-refractivity contribution in [1.29, 1.82) is 0 Å². The number of ether oxygens (including phenoxy) is 1. The summed E-state index contributed by atoms with van der Waals surface area (Å²) in [6.07, 6.45) is 5.86. The maximum absolute atomic E-state index is 12.6. The quantitative estimate of drug-likeness (QED) is 0.636. The van der Waals surface area contributed by atoms with Crippen molar-refractivity contribution < 1.29 is 9.53 Å². The SMILES string of the molecule is COCCn1cnnc1CNC(=O)c1cccc(-c2cn[nH]c2C2CC2)c1. The molecule has 1 amide bonds. The van der Waals surface area contributed by atoms with Gasteiger partial charge in [-0.1, -0.05) is 12.1 Å². The van der Waals surface area contributed by atoms with E-state index < -0.39 is 0 Å². The second-order valence-electron chi connectivity index (χ2n) is 6.67. The first-order chi connectivity index (χ1) is 13.3. The number of methoxy groups -OCH3 is 1. The number of nitrogens with zero attached hydrogens (tertiary/aromatic N) is 4. The molecule has 0 atom stereocenters. The Morgan fingerprint density at radius 3 is 3.11 bits per heavy atom. The number of aromatic amines is 1. The van der Waals surface area contributed by atoms with Gasteiger partial charge in [0.05, 0.1) is 19.3 Å². The van der Waals surface area contributed by atoms with Gasteiger partial charge in [0, 0.05) is 36.4 Å². The largest absolute Gasteiger partial charge is 0.383 e. The van der Waals surface area contributed by atoms with E-state index in [0.29, 0.717) is 37.0 Å². The highest BCUT2D eigenvalue weighted by atomic mass is 16.5. The van der Waals surface area contributed by atoms with Gasteiger partial charge < -0.3 is 14.6 Å². The molecule has 27 heavy (non-hydrogen) atoms. The molecule has 2 aromatic heterocycles. The molecule has 0 aliphatic heterocycles. The molecule has 0 unspecified atom stereocenters. The lowest BCUT2D eigenvalue weighted by molar-refractivity contribution is 0.0949. The Kier molecular flexibility index (Phi) is 4.97. The van der Waals surface area contributed by atoms with Crippen LogP contribution in [-0.4, -0.2) is 44.6 Å². The molecule has 1 aliphatic rings. The minimum absolute atomic E-state index is 0.144. The molecule has 1 aromatic carbocycles. The predicted molar refractivity (Wildman–Crippen MR) is 99.1 cm³/mol. The molecule has 0 spiro atoms.